The van der Waals surface area contributed by atoms with Gasteiger partial charge in [0, 0.05) is 22.6 Å². The number of aliphatic carboxylic acids is 1. The first-order valence-corrected chi connectivity index (χ1v) is 19.0. The zero-order valence-electron chi connectivity index (χ0n) is 30.5. The molecule has 1 aromatic carbocycles. The topological polar surface area (TPSA) is 212 Å². The third-order valence-electron chi connectivity index (χ3n) is 8.80. The minimum Gasteiger partial charge on any atom is -0.481 e. The molecular formula is C36H57N7O7S. The number of nitrogens with zero attached hydrogens (tertiary/aromatic N) is 1. The molecule has 8 N–H and O–H groups in total. The predicted molar refractivity (Wildman–Crippen MR) is 196 cm³/mol. The van der Waals surface area contributed by atoms with Crippen molar-refractivity contribution in [3.63, 3.8) is 0 Å². The molecule has 0 saturated carbocycles. The predicted octanol–water partition coefficient (Wildman–Crippen LogP) is 1.52. The van der Waals surface area contributed by atoms with Gasteiger partial charge >= 0.3 is 5.97 Å². The maximum atomic E-state index is 14.3. The number of carboxylic acid groups (broad SMARTS) is 1. The van der Waals surface area contributed by atoms with Crippen molar-refractivity contribution in [1.82, 2.24) is 31.5 Å². The number of nitrogens with two attached hydrogens (primary N) is 1. The largest absolute Gasteiger partial charge is 0.481 e. The molecule has 2 saturated heterocycles. The van der Waals surface area contributed by atoms with Gasteiger partial charge in [0.15, 0.2) is 0 Å². The molecule has 15 heteroatoms. The fourth-order valence-electron chi connectivity index (χ4n) is 6.42. The molecule has 0 bridgehead atoms. The lowest BCUT2D eigenvalue weighted by atomic mass is 10.00. The molecule has 5 amide bonds. The van der Waals surface area contributed by atoms with Crippen LogP contribution in [0.5, 0.6) is 0 Å². The summed E-state index contributed by atoms with van der Waals surface area (Å²) in [4.78, 5) is 84.6. The Hall–Kier alpha value is -3.69. The van der Waals surface area contributed by atoms with Gasteiger partial charge in [-0.1, -0.05) is 32.0 Å². The molecule has 2 aliphatic heterocycles. The summed E-state index contributed by atoms with van der Waals surface area (Å²) in [7, 11) is 0. The molecule has 0 spiro atoms. The molecule has 2 fully saturated rings. The lowest BCUT2D eigenvalue weighted by Gasteiger charge is -2.39. The van der Waals surface area contributed by atoms with Gasteiger partial charge in [0.1, 0.15) is 24.2 Å². The van der Waals surface area contributed by atoms with Crippen molar-refractivity contribution < 1.29 is 33.9 Å². The zero-order valence-corrected chi connectivity index (χ0v) is 31.4. The minimum atomic E-state index is -1.29. The molecule has 1 aromatic rings. The first-order chi connectivity index (χ1) is 24.1. The Balaban J connectivity index is 2.16. The highest BCUT2D eigenvalue weighted by molar-refractivity contribution is 7.99. The van der Waals surface area contributed by atoms with E-state index in [1.54, 1.807) is 4.90 Å². The molecule has 0 aromatic heterocycles. The quantitative estimate of drug-likeness (QED) is 0.115. The highest BCUT2D eigenvalue weighted by Gasteiger charge is 2.45. The average molecular weight is 732 g/mol. The molecule has 0 unspecified atom stereocenters. The van der Waals surface area contributed by atoms with E-state index in [2.05, 4.69) is 26.6 Å². The van der Waals surface area contributed by atoms with E-state index in [-0.39, 0.29) is 24.5 Å². The van der Waals surface area contributed by atoms with Crippen molar-refractivity contribution in [2.24, 2.45) is 11.7 Å². The second-order valence-electron chi connectivity index (χ2n) is 14.8. The lowest BCUT2D eigenvalue weighted by molar-refractivity contribution is -0.138. The van der Waals surface area contributed by atoms with Gasteiger partial charge in [0.05, 0.1) is 12.1 Å². The van der Waals surface area contributed by atoms with E-state index in [1.165, 1.54) is 11.8 Å². The summed E-state index contributed by atoms with van der Waals surface area (Å²) in [5.41, 5.74) is 5.05. The lowest BCUT2D eigenvalue weighted by Crippen LogP contribution is -2.65. The zero-order chi connectivity index (χ0) is 37.7. The molecular weight excluding hydrogens is 675 g/mol. The van der Waals surface area contributed by atoms with Crippen LogP contribution in [0.4, 0.5) is 0 Å². The Morgan fingerprint density at radius 1 is 0.922 bits per heavy atom. The van der Waals surface area contributed by atoms with E-state index < -0.39 is 83.7 Å². The number of hydrogen-bond donors (Lipinski definition) is 7. The Morgan fingerprint density at radius 2 is 1.53 bits per heavy atom. The first kappa shape index (κ1) is 41.7. The van der Waals surface area contributed by atoms with Crippen LogP contribution < -0.4 is 32.3 Å². The van der Waals surface area contributed by atoms with Gasteiger partial charge in [-0.05, 0) is 96.9 Å². The minimum absolute atomic E-state index is 0.0132. The van der Waals surface area contributed by atoms with Crippen molar-refractivity contribution in [2.75, 3.05) is 18.8 Å². The number of unbranched alkanes of at least 4 members (excludes halogenated alkanes) is 1. The highest BCUT2D eigenvalue weighted by atomic mass is 32.2. The number of benzene rings is 1. The van der Waals surface area contributed by atoms with Crippen LogP contribution in [0.1, 0.15) is 86.0 Å². The number of hydrogen-bond acceptors (Lipinski definition) is 9. The summed E-state index contributed by atoms with van der Waals surface area (Å²) in [5, 5.41) is 24.0. The number of rotatable bonds is 13. The second-order valence-corrected chi connectivity index (χ2v) is 15.9. The van der Waals surface area contributed by atoms with Crippen molar-refractivity contribution in [3.05, 3.63) is 30.3 Å². The molecule has 0 radical (unpaired) electrons. The van der Waals surface area contributed by atoms with E-state index in [4.69, 9.17) is 5.73 Å². The van der Waals surface area contributed by atoms with E-state index in [9.17, 15) is 33.9 Å². The number of carbonyl (C=O) groups is 6. The summed E-state index contributed by atoms with van der Waals surface area (Å²) in [5.74, 6) is -3.60. The van der Waals surface area contributed by atoms with Gasteiger partial charge in [0.2, 0.25) is 29.5 Å². The number of nitrogens with one attached hydrogen (secondary N) is 5. The first-order valence-electron chi connectivity index (χ1n) is 18.0. The Labute approximate surface area is 305 Å². The van der Waals surface area contributed by atoms with Crippen LogP contribution in [0.2, 0.25) is 0 Å². The Bertz CT molecular complexity index is 1360. The van der Waals surface area contributed by atoms with E-state index in [0.29, 0.717) is 45.2 Å². The summed E-state index contributed by atoms with van der Waals surface area (Å²) >= 11 is 1.42. The average Bonchev–Trinajstić information content (AvgIpc) is 3.53. The van der Waals surface area contributed by atoms with Crippen molar-refractivity contribution >= 4 is 47.3 Å². The maximum Gasteiger partial charge on any atom is 0.303 e. The molecule has 3 rings (SSSR count). The molecule has 2 heterocycles. The van der Waals surface area contributed by atoms with Gasteiger partial charge in [-0.3, -0.25) is 33.7 Å². The van der Waals surface area contributed by atoms with Gasteiger partial charge in [-0.2, -0.15) is 0 Å². The number of fused-ring (bicyclic) bond motifs is 1. The Morgan fingerprint density at radius 3 is 2.14 bits per heavy atom. The van der Waals surface area contributed by atoms with Gasteiger partial charge in [-0.25, -0.2) is 0 Å². The van der Waals surface area contributed by atoms with Crippen LogP contribution in [-0.2, 0) is 28.8 Å². The van der Waals surface area contributed by atoms with Gasteiger partial charge in [-0.15, -0.1) is 11.8 Å². The molecule has 2 aliphatic rings. The van der Waals surface area contributed by atoms with Crippen LogP contribution in [0.15, 0.2) is 35.2 Å². The van der Waals surface area contributed by atoms with Crippen LogP contribution >= 0.6 is 11.8 Å². The third kappa shape index (κ3) is 13.4. The maximum absolute atomic E-state index is 14.3. The molecule has 284 valence electrons. The fraction of sp³-hybridized carbons (Fsp3) is 0.667. The van der Waals surface area contributed by atoms with Crippen molar-refractivity contribution in [1.29, 1.82) is 0 Å². The number of carbonyl (C=O) groups excluding carboxylic acids is 5. The van der Waals surface area contributed by atoms with Gasteiger partial charge in [0.25, 0.3) is 0 Å². The van der Waals surface area contributed by atoms with Crippen LogP contribution in [0, 0.1) is 5.92 Å². The molecule has 6 atom stereocenters. The summed E-state index contributed by atoms with van der Waals surface area (Å²) in [6.07, 6.45) is 1.99. The number of carboxylic acids is 1. The van der Waals surface area contributed by atoms with Crippen LogP contribution in [0.3, 0.4) is 0 Å². The fourth-order valence-corrected chi connectivity index (χ4v) is 7.41. The standard InChI is InChI=1S/C36H57N7O7S/c1-22(2)20-26-33(48)38-24(14-9-10-18-37)31(46)39-25(16-17-29(44)45)32(47)41-27(21-51-23-12-7-6-8-13-23)30(35(50)42-36(3,4)5)43-19-11-15-28(43)34(49)40-26/h6-8,12-13,22,24-28,30H,9-11,14-21,37H2,1-5H3,(H,38,48)(H,39,46)(H,40,49)(H,41,47)(H,42,50)(H,44,45)/t24-,25-,26+,27-,28-,30-/m0/s1. The van der Waals surface area contributed by atoms with Gasteiger partial charge < -0.3 is 37.4 Å². The third-order valence-corrected chi connectivity index (χ3v) is 9.93. The van der Waals surface area contributed by atoms with Crippen molar-refractivity contribution in [2.45, 2.75) is 133 Å². The van der Waals surface area contributed by atoms with E-state index in [0.717, 1.165) is 4.90 Å². The number of thioether (sulfide) groups is 1. The monoisotopic (exact) mass is 731 g/mol. The highest BCUT2D eigenvalue weighted by Crippen LogP contribution is 2.27. The summed E-state index contributed by atoms with van der Waals surface area (Å²) in [6.45, 7) is 10.1. The normalized spacial score (nSPS) is 25.5. The van der Waals surface area contributed by atoms with E-state index >= 15 is 0 Å². The van der Waals surface area contributed by atoms with E-state index in [1.807, 2.05) is 65.0 Å². The summed E-state index contributed by atoms with van der Waals surface area (Å²) < 4.78 is 0. The van der Waals surface area contributed by atoms with Crippen molar-refractivity contribution in [3.8, 4) is 0 Å². The molecule has 14 nitrogen and oxygen atoms in total. The molecule has 0 aliphatic carbocycles. The smallest absolute Gasteiger partial charge is 0.303 e. The Kier molecular flexibility index (Phi) is 16.2. The number of amides is 5. The summed E-state index contributed by atoms with van der Waals surface area (Å²) in [6, 6.07) is 3.46. The SMILES string of the molecule is CC(C)C[C@H]1NC(=O)[C@@H]2CCCN2[C@H](C(=O)NC(C)(C)C)[C@H](CSc2ccccc2)NC(=O)[C@H](CCC(=O)O)NC(=O)[C@H](CCCCN)NC1=O. The van der Waals surface area contributed by atoms with Crippen LogP contribution in [-0.4, -0.2) is 106 Å². The molecule has 51 heavy (non-hydrogen) atoms. The second kappa shape index (κ2) is 19.8. The van der Waals surface area contributed by atoms with Crippen LogP contribution in [0.25, 0.3) is 0 Å².